The third kappa shape index (κ3) is 2.97. The van der Waals surface area contributed by atoms with E-state index >= 15 is 0 Å². The lowest BCUT2D eigenvalue weighted by Crippen LogP contribution is -2.23. The van der Waals surface area contributed by atoms with Gasteiger partial charge in [0.2, 0.25) is 0 Å². The molecule has 2 heterocycles. The second-order valence-corrected chi connectivity index (χ2v) is 3.11. The SMILES string of the molecule is O=C(OC[C@H]1CO1)C(=O)OC[C@H]1CO1. The van der Waals surface area contributed by atoms with E-state index in [4.69, 9.17) is 9.47 Å². The van der Waals surface area contributed by atoms with Crippen molar-refractivity contribution in [1.82, 2.24) is 0 Å². The molecule has 0 radical (unpaired) electrons. The predicted molar refractivity (Wildman–Crippen MR) is 41.4 cm³/mol. The minimum Gasteiger partial charge on any atom is -0.454 e. The molecule has 0 N–H and O–H groups in total. The molecular weight excluding hydrogens is 192 g/mol. The summed E-state index contributed by atoms with van der Waals surface area (Å²) in [5, 5.41) is 0. The minimum absolute atomic E-state index is 0.0430. The van der Waals surface area contributed by atoms with Gasteiger partial charge in [0.1, 0.15) is 25.4 Å². The lowest BCUT2D eigenvalue weighted by Gasteiger charge is -2.02. The Morgan fingerprint density at radius 3 is 1.64 bits per heavy atom. The minimum atomic E-state index is -0.971. The summed E-state index contributed by atoms with van der Waals surface area (Å²) >= 11 is 0. The summed E-state index contributed by atoms with van der Waals surface area (Å²) in [7, 11) is 0. The molecule has 2 rings (SSSR count). The van der Waals surface area contributed by atoms with Crippen LogP contribution in [0.2, 0.25) is 0 Å². The van der Waals surface area contributed by atoms with E-state index in [1.54, 1.807) is 0 Å². The molecule has 14 heavy (non-hydrogen) atoms. The zero-order valence-corrected chi connectivity index (χ0v) is 7.43. The van der Waals surface area contributed by atoms with E-state index in [2.05, 4.69) is 9.47 Å². The number of esters is 2. The van der Waals surface area contributed by atoms with Gasteiger partial charge in [-0.25, -0.2) is 9.59 Å². The molecule has 2 aliphatic heterocycles. The summed E-state index contributed by atoms with van der Waals surface area (Å²) in [4.78, 5) is 21.8. The molecule has 0 aromatic rings. The molecular formula is C8H10O6. The summed E-state index contributed by atoms with van der Waals surface area (Å²) in [6, 6.07) is 0. The van der Waals surface area contributed by atoms with Gasteiger partial charge in [0.05, 0.1) is 13.2 Å². The molecule has 2 aliphatic rings. The van der Waals surface area contributed by atoms with Crippen LogP contribution in [0.4, 0.5) is 0 Å². The van der Waals surface area contributed by atoms with Crippen LogP contribution in [0, 0.1) is 0 Å². The van der Waals surface area contributed by atoms with E-state index in [9.17, 15) is 9.59 Å². The maximum Gasteiger partial charge on any atom is 0.417 e. The molecule has 0 saturated carbocycles. The van der Waals surface area contributed by atoms with Crippen LogP contribution >= 0.6 is 0 Å². The van der Waals surface area contributed by atoms with E-state index in [-0.39, 0.29) is 25.4 Å². The van der Waals surface area contributed by atoms with Crippen molar-refractivity contribution in [2.45, 2.75) is 12.2 Å². The van der Waals surface area contributed by atoms with Crippen LogP contribution in [0.15, 0.2) is 0 Å². The third-order valence-corrected chi connectivity index (χ3v) is 1.77. The Morgan fingerprint density at radius 1 is 1.00 bits per heavy atom. The van der Waals surface area contributed by atoms with E-state index in [0.717, 1.165) is 0 Å². The summed E-state index contributed by atoms with van der Waals surface area (Å²) in [5.41, 5.74) is 0. The highest BCUT2D eigenvalue weighted by Crippen LogP contribution is 2.10. The normalized spacial score (nSPS) is 28.0. The zero-order chi connectivity index (χ0) is 9.97. The fourth-order valence-corrected chi connectivity index (χ4v) is 0.784. The van der Waals surface area contributed by atoms with Gasteiger partial charge in [-0.1, -0.05) is 0 Å². The molecule has 0 aromatic carbocycles. The zero-order valence-electron chi connectivity index (χ0n) is 7.43. The first-order chi connectivity index (χ1) is 6.75. The second kappa shape index (κ2) is 3.93. The maximum atomic E-state index is 10.9. The van der Waals surface area contributed by atoms with Crippen LogP contribution < -0.4 is 0 Å². The molecule has 0 spiro atoms. The lowest BCUT2D eigenvalue weighted by molar-refractivity contribution is -0.168. The molecule has 6 heteroatoms. The Morgan fingerprint density at radius 2 is 1.36 bits per heavy atom. The summed E-state index contributed by atoms with van der Waals surface area (Å²) in [6.07, 6.45) is -0.0861. The Hall–Kier alpha value is -1.14. The molecule has 6 nitrogen and oxygen atoms in total. The van der Waals surface area contributed by atoms with E-state index < -0.39 is 11.9 Å². The van der Waals surface area contributed by atoms with Gasteiger partial charge in [-0.3, -0.25) is 0 Å². The number of carbonyl (C=O) groups is 2. The largest absolute Gasteiger partial charge is 0.454 e. The third-order valence-electron chi connectivity index (χ3n) is 1.77. The smallest absolute Gasteiger partial charge is 0.417 e. The lowest BCUT2D eigenvalue weighted by atomic mass is 10.5. The highest BCUT2D eigenvalue weighted by Gasteiger charge is 2.29. The van der Waals surface area contributed by atoms with Gasteiger partial charge in [-0.2, -0.15) is 0 Å². The van der Waals surface area contributed by atoms with Crippen molar-refractivity contribution >= 4 is 11.9 Å². The van der Waals surface area contributed by atoms with E-state index in [1.807, 2.05) is 0 Å². The molecule has 0 aromatic heterocycles. The molecule has 0 bridgehead atoms. The highest BCUT2D eigenvalue weighted by molar-refractivity contribution is 6.29. The number of hydrogen-bond donors (Lipinski definition) is 0. The average molecular weight is 202 g/mol. The topological polar surface area (TPSA) is 77.7 Å². The Kier molecular flexibility index (Phi) is 2.64. The molecule has 78 valence electrons. The number of epoxide rings is 2. The summed E-state index contributed by atoms with van der Waals surface area (Å²) in [5.74, 6) is -1.94. The van der Waals surface area contributed by atoms with E-state index in [1.165, 1.54) is 0 Å². The first-order valence-corrected chi connectivity index (χ1v) is 4.33. The van der Waals surface area contributed by atoms with Gasteiger partial charge in [-0.15, -0.1) is 0 Å². The van der Waals surface area contributed by atoms with Crippen LogP contribution in [0.25, 0.3) is 0 Å². The standard InChI is InChI=1S/C8H10O6/c9-7(13-3-5-1-11-5)8(10)14-4-6-2-12-6/h5-6H,1-4H2/t5-,6-/m1/s1. The molecule has 0 amide bonds. The Bertz CT molecular complexity index is 216. The summed E-state index contributed by atoms with van der Waals surface area (Å²) in [6.45, 7) is 1.40. The molecule has 0 aliphatic carbocycles. The fraction of sp³-hybridized carbons (Fsp3) is 0.750. The van der Waals surface area contributed by atoms with Crippen molar-refractivity contribution in [2.75, 3.05) is 26.4 Å². The number of ether oxygens (including phenoxy) is 4. The monoisotopic (exact) mass is 202 g/mol. The van der Waals surface area contributed by atoms with Crippen molar-refractivity contribution in [1.29, 1.82) is 0 Å². The highest BCUT2D eigenvalue weighted by atomic mass is 16.6. The van der Waals surface area contributed by atoms with E-state index in [0.29, 0.717) is 13.2 Å². The van der Waals surface area contributed by atoms with Crippen molar-refractivity contribution in [3.05, 3.63) is 0 Å². The van der Waals surface area contributed by atoms with Crippen LogP contribution in [-0.4, -0.2) is 50.6 Å². The summed E-state index contributed by atoms with van der Waals surface area (Å²) < 4.78 is 18.8. The van der Waals surface area contributed by atoms with Gasteiger partial charge >= 0.3 is 11.9 Å². The fourth-order valence-electron chi connectivity index (χ4n) is 0.784. The second-order valence-electron chi connectivity index (χ2n) is 3.11. The quantitative estimate of drug-likeness (QED) is 0.326. The molecule has 2 fully saturated rings. The van der Waals surface area contributed by atoms with Crippen LogP contribution in [0.3, 0.4) is 0 Å². The first-order valence-electron chi connectivity index (χ1n) is 4.33. The maximum absolute atomic E-state index is 10.9. The average Bonchev–Trinajstić information content (AvgIpc) is 3.02. The molecule has 0 unspecified atom stereocenters. The number of hydrogen-bond acceptors (Lipinski definition) is 6. The van der Waals surface area contributed by atoms with Crippen molar-refractivity contribution < 1.29 is 28.5 Å². The van der Waals surface area contributed by atoms with Gasteiger partial charge < -0.3 is 18.9 Å². The predicted octanol–water partition coefficient (Wildman–Crippen LogP) is -1.13. The van der Waals surface area contributed by atoms with Gasteiger partial charge in [0.25, 0.3) is 0 Å². The van der Waals surface area contributed by atoms with Crippen molar-refractivity contribution in [3.63, 3.8) is 0 Å². The van der Waals surface area contributed by atoms with Crippen molar-refractivity contribution in [2.24, 2.45) is 0 Å². The van der Waals surface area contributed by atoms with Gasteiger partial charge in [0, 0.05) is 0 Å². The van der Waals surface area contributed by atoms with Crippen LogP contribution in [0.1, 0.15) is 0 Å². The first kappa shape index (κ1) is 9.42. The number of carbonyl (C=O) groups excluding carboxylic acids is 2. The molecule has 2 atom stereocenters. The number of rotatable bonds is 4. The Labute approximate surface area is 80.1 Å². The van der Waals surface area contributed by atoms with Gasteiger partial charge in [0.15, 0.2) is 0 Å². The van der Waals surface area contributed by atoms with Crippen molar-refractivity contribution in [3.8, 4) is 0 Å². The molecule has 2 saturated heterocycles. The Balaban J connectivity index is 1.58. The van der Waals surface area contributed by atoms with Crippen LogP contribution in [0.5, 0.6) is 0 Å². The van der Waals surface area contributed by atoms with Gasteiger partial charge in [-0.05, 0) is 0 Å². The van der Waals surface area contributed by atoms with Crippen LogP contribution in [-0.2, 0) is 28.5 Å².